The number of carbonyl (C=O) groups is 1. The van der Waals surface area contributed by atoms with Gasteiger partial charge >= 0.3 is 0 Å². The summed E-state index contributed by atoms with van der Waals surface area (Å²) in [6.45, 7) is 1.85. The minimum atomic E-state index is -3.37. The van der Waals surface area contributed by atoms with E-state index in [-0.39, 0.29) is 11.9 Å². The van der Waals surface area contributed by atoms with E-state index in [0.29, 0.717) is 40.0 Å². The molecule has 168 valence electrons. The van der Waals surface area contributed by atoms with Gasteiger partial charge in [0.1, 0.15) is 0 Å². The first kappa shape index (κ1) is 22.1. The first-order valence-corrected chi connectivity index (χ1v) is 12.6. The number of nitrogens with one attached hydrogen (secondary N) is 1. The van der Waals surface area contributed by atoms with Gasteiger partial charge in [-0.25, -0.2) is 13.4 Å². The first-order chi connectivity index (χ1) is 15.2. The second kappa shape index (κ2) is 8.44. The lowest BCUT2D eigenvalue weighted by atomic mass is 10.1. The summed E-state index contributed by atoms with van der Waals surface area (Å²) in [5.41, 5.74) is 3.46. The van der Waals surface area contributed by atoms with Gasteiger partial charge in [0.15, 0.2) is 16.6 Å². The Balaban J connectivity index is 1.53. The zero-order chi connectivity index (χ0) is 23.0. The van der Waals surface area contributed by atoms with Crippen molar-refractivity contribution in [1.82, 2.24) is 4.98 Å². The molecular weight excluding hydrogens is 450 g/mol. The van der Waals surface area contributed by atoms with Crippen LogP contribution >= 0.6 is 11.3 Å². The Labute approximate surface area is 190 Å². The fraction of sp³-hybridized carbons (Fsp3) is 0.273. The number of carbonyl (C=O) groups excluding carboxylic acids is 1. The number of anilines is 2. The van der Waals surface area contributed by atoms with Crippen LogP contribution in [0.2, 0.25) is 0 Å². The third-order valence-electron chi connectivity index (χ3n) is 5.26. The molecule has 1 aliphatic heterocycles. The molecule has 1 amide bonds. The lowest BCUT2D eigenvalue weighted by Gasteiger charge is -2.21. The van der Waals surface area contributed by atoms with Crippen LogP contribution in [0, 0.1) is 0 Å². The van der Waals surface area contributed by atoms with E-state index >= 15 is 0 Å². The maximum Gasteiger partial charge on any atom is 0.257 e. The number of ether oxygens (including phenoxy) is 2. The van der Waals surface area contributed by atoms with Crippen molar-refractivity contribution in [3.63, 3.8) is 0 Å². The molecule has 32 heavy (non-hydrogen) atoms. The van der Waals surface area contributed by atoms with Crippen LogP contribution in [0.1, 0.15) is 22.8 Å². The van der Waals surface area contributed by atoms with Gasteiger partial charge in [0.25, 0.3) is 5.91 Å². The monoisotopic (exact) mass is 473 g/mol. The van der Waals surface area contributed by atoms with E-state index in [1.165, 1.54) is 21.9 Å². The van der Waals surface area contributed by atoms with Gasteiger partial charge in [-0.05, 0) is 55.3 Å². The summed E-state index contributed by atoms with van der Waals surface area (Å²) >= 11 is 1.32. The Kier molecular flexibility index (Phi) is 5.83. The second-order valence-corrected chi connectivity index (χ2v) is 10.2. The van der Waals surface area contributed by atoms with Gasteiger partial charge < -0.3 is 9.47 Å². The highest BCUT2D eigenvalue weighted by atomic mass is 32.2. The largest absolute Gasteiger partial charge is 0.493 e. The van der Waals surface area contributed by atoms with Gasteiger partial charge in [-0.1, -0.05) is 0 Å². The fourth-order valence-electron chi connectivity index (χ4n) is 3.88. The van der Waals surface area contributed by atoms with E-state index in [4.69, 9.17) is 9.47 Å². The minimum Gasteiger partial charge on any atom is -0.493 e. The third kappa shape index (κ3) is 4.15. The Hall–Kier alpha value is -3.11. The lowest BCUT2D eigenvalue weighted by molar-refractivity contribution is 0.102. The number of hydrogen-bond donors (Lipinski definition) is 1. The Bertz CT molecular complexity index is 1290. The average Bonchev–Trinajstić information content (AvgIpc) is 3.35. The molecule has 1 aliphatic rings. The van der Waals surface area contributed by atoms with Crippen LogP contribution < -0.4 is 19.1 Å². The number of rotatable bonds is 6. The molecule has 0 aliphatic carbocycles. The van der Waals surface area contributed by atoms with Crippen molar-refractivity contribution in [2.45, 2.75) is 19.4 Å². The van der Waals surface area contributed by atoms with Gasteiger partial charge in [0, 0.05) is 22.5 Å². The van der Waals surface area contributed by atoms with Gasteiger partial charge in [-0.15, -0.1) is 11.3 Å². The SMILES string of the molecule is COc1ccc(-c2csc(NC(=O)c3ccc4c(c3)C[C@H](C)N4S(C)(=O)=O)n2)cc1OC. The van der Waals surface area contributed by atoms with Crippen LogP contribution in [0.15, 0.2) is 41.8 Å². The predicted molar refractivity (Wildman–Crippen MR) is 126 cm³/mol. The van der Waals surface area contributed by atoms with Gasteiger partial charge in [-0.2, -0.15) is 0 Å². The van der Waals surface area contributed by atoms with Crippen molar-refractivity contribution >= 4 is 38.1 Å². The van der Waals surface area contributed by atoms with Crippen molar-refractivity contribution in [3.05, 3.63) is 52.9 Å². The summed E-state index contributed by atoms with van der Waals surface area (Å²) in [5.74, 6) is 0.922. The molecule has 1 N–H and O–H groups in total. The van der Waals surface area contributed by atoms with Crippen molar-refractivity contribution in [2.24, 2.45) is 0 Å². The summed E-state index contributed by atoms with van der Waals surface area (Å²) in [4.78, 5) is 17.3. The van der Waals surface area contributed by atoms with Crippen LogP contribution in [0.5, 0.6) is 11.5 Å². The molecule has 0 bridgehead atoms. The van der Waals surface area contributed by atoms with Crippen molar-refractivity contribution in [1.29, 1.82) is 0 Å². The van der Waals surface area contributed by atoms with E-state index in [1.807, 2.05) is 24.4 Å². The maximum absolute atomic E-state index is 12.8. The van der Waals surface area contributed by atoms with E-state index in [1.54, 1.807) is 38.5 Å². The minimum absolute atomic E-state index is 0.179. The average molecular weight is 474 g/mol. The quantitative estimate of drug-likeness (QED) is 0.585. The number of sulfonamides is 1. The number of aromatic nitrogens is 1. The third-order valence-corrected chi connectivity index (χ3v) is 7.28. The molecule has 0 saturated heterocycles. The van der Waals surface area contributed by atoms with E-state index in [9.17, 15) is 13.2 Å². The zero-order valence-corrected chi connectivity index (χ0v) is 19.7. The predicted octanol–water partition coefficient (Wildman–Crippen LogP) is 3.79. The topological polar surface area (TPSA) is 97.8 Å². The molecule has 10 heteroatoms. The number of nitrogens with zero attached hydrogens (tertiary/aromatic N) is 2. The molecule has 0 saturated carbocycles. The molecular formula is C22H23N3O5S2. The standard InChI is InChI=1S/C22H23N3O5S2/c1-13-9-16-10-15(5-7-18(16)25(13)32(4,27)28)21(26)24-22-23-17(12-31-22)14-6-8-19(29-2)20(11-14)30-3/h5-8,10-13H,9H2,1-4H3,(H,23,24,26)/t13-/m0/s1. The van der Waals surface area contributed by atoms with Crippen LogP contribution in [0.25, 0.3) is 11.3 Å². The Morgan fingerprint density at radius 2 is 1.91 bits per heavy atom. The van der Waals surface area contributed by atoms with Crippen LogP contribution in [0.4, 0.5) is 10.8 Å². The summed E-state index contributed by atoms with van der Waals surface area (Å²) in [6, 6.07) is 10.4. The summed E-state index contributed by atoms with van der Waals surface area (Å²) in [5, 5.41) is 5.14. The number of amides is 1. The van der Waals surface area contributed by atoms with E-state index in [0.717, 1.165) is 11.1 Å². The first-order valence-electron chi connectivity index (χ1n) is 9.83. The summed E-state index contributed by atoms with van der Waals surface area (Å²) in [7, 11) is -0.226. The molecule has 0 spiro atoms. The van der Waals surface area contributed by atoms with Crippen LogP contribution in [0.3, 0.4) is 0 Å². The normalized spacial score (nSPS) is 15.4. The summed E-state index contributed by atoms with van der Waals surface area (Å²) < 4.78 is 36.2. The number of methoxy groups -OCH3 is 2. The number of benzene rings is 2. The molecule has 0 radical (unpaired) electrons. The maximum atomic E-state index is 12.8. The van der Waals surface area contributed by atoms with Gasteiger partial charge in [0.2, 0.25) is 10.0 Å². The molecule has 1 atom stereocenters. The van der Waals surface area contributed by atoms with E-state index in [2.05, 4.69) is 10.3 Å². The Morgan fingerprint density at radius 1 is 1.16 bits per heavy atom. The van der Waals surface area contributed by atoms with Crippen molar-refractivity contribution < 1.29 is 22.7 Å². The zero-order valence-electron chi connectivity index (χ0n) is 18.1. The van der Waals surface area contributed by atoms with Crippen LogP contribution in [-0.2, 0) is 16.4 Å². The molecule has 0 unspecified atom stereocenters. The number of thiazole rings is 1. The highest BCUT2D eigenvalue weighted by molar-refractivity contribution is 7.92. The molecule has 0 fully saturated rings. The number of fused-ring (bicyclic) bond motifs is 1. The molecule has 2 heterocycles. The molecule has 4 rings (SSSR count). The fourth-order valence-corrected chi connectivity index (χ4v) is 5.86. The highest BCUT2D eigenvalue weighted by Crippen LogP contribution is 2.36. The molecule has 1 aromatic heterocycles. The van der Waals surface area contributed by atoms with Gasteiger partial charge in [-0.3, -0.25) is 14.4 Å². The molecule has 2 aromatic carbocycles. The highest BCUT2D eigenvalue weighted by Gasteiger charge is 2.32. The van der Waals surface area contributed by atoms with Gasteiger partial charge in [0.05, 0.1) is 31.9 Å². The smallest absolute Gasteiger partial charge is 0.257 e. The molecule has 3 aromatic rings. The molecule has 8 nitrogen and oxygen atoms in total. The van der Waals surface area contributed by atoms with Crippen molar-refractivity contribution in [3.8, 4) is 22.8 Å². The number of hydrogen-bond acceptors (Lipinski definition) is 7. The summed E-state index contributed by atoms with van der Waals surface area (Å²) in [6.07, 6.45) is 1.75. The Morgan fingerprint density at radius 3 is 2.59 bits per heavy atom. The van der Waals surface area contributed by atoms with Crippen LogP contribution in [-0.4, -0.2) is 45.8 Å². The second-order valence-electron chi connectivity index (χ2n) is 7.52. The van der Waals surface area contributed by atoms with E-state index < -0.39 is 10.0 Å². The lowest BCUT2D eigenvalue weighted by Crippen LogP contribution is -2.34. The van der Waals surface area contributed by atoms with Crippen molar-refractivity contribution in [2.75, 3.05) is 30.1 Å².